The zero-order valence-electron chi connectivity index (χ0n) is 9.13. The van der Waals surface area contributed by atoms with Gasteiger partial charge in [0.1, 0.15) is 6.04 Å². The molecule has 2 N–H and O–H groups in total. The van der Waals surface area contributed by atoms with Gasteiger partial charge in [-0.2, -0.15) is 0 Å². The number of rotatable bonds is 1. The summed E-state index contributed by atoms with van der Waals surface area (Å²) in [5, 5.41) is 2.41. The second-order valence-corrected chi connectivity index (χ2v) is 4.23. The summed E-state index contributed by atoms with van der Waals surface area (Å²) >= 11 is 0. The first-order valence-electron chi connectivity index (χ1n) is 5.76. The third-order valence-corrected chi connectivity index (χ3v) is 3.27. The van der Waals surface area contributed by atoms with E-state index in [-0.39, 0.29) is 0 Å². The molecule has 1 aromatic carbocycles. The predicted octanol–water partition coefficient (Wildman–Crippen LogP) is 1.29. The van der Waals surface area contributed by atoms with E-state index in [2.05, 4.69) is 46.7 Å². The Balaban J connectivity index is 2.05. The average Bonchev–Trinajstić information content (AvgIpc) is 2.39. The van der Waals surface area contributed by atoms with Gasteiger partial charge in [-0.05, 0) is 17.7 Å². The highest BCUT2D eigenvalue weighted by Crippen LogP contribution is 2.23. The number of aromatic nitrogens is 1. The molecule has 0 spiro atoms. The van der Waals surface area contributed by atoms with Gasteiger partial charge in [0.05, 0.1) is 6.54 Å². The number of hydrogen-bond donors (Lipinski definition) is 1. The van der Waals surface area contributed by atoms with Crippen molar-refractivity contribution in [2.24, 2.45) is 0 Å². The second-order valence-electron chi connectivity index (χ2n) is 4.23. The maximum absolute atomic E-state index is 4.08. The normalized spacial score (nSPS) is 19.1. The molecule has 2 heterocycles. The number of nitrogens with two attached hydrogens (primary N) is 1. The summed E-state index contributed by atoms with van der Waals surface area (Å²) in [7, 11) is 0. The summed E-state index contributed by atoms with van der Waals surface area (Å²) in [6.07, 6.45) is 4.93. The molecular weight excluding hydrogens is 196 g/mol. The Hall–Kier alpha value is -1.67. The molecular formula is C14H15N2+. The minimum absolute atomic E-state index is 0.452. The van der Waals surface area contributed by atoms with Gasteiger partial charge in [-0.3, -0.25) is 4.98 Å². The van der Waals surface area contributed by atoms with E-state index >= 15 is 0 Å². The molecule has 0 unspecified atom stereocenters. The monoisotopic (exact) mass is 211 g/mol. The molecule has 2 nitrogen and oxygen atoms in total. The Morgan fingerprint density at radius 3 is 2.75 bits per heavy atom. The van der Waals surface area contributed by atoms with Crippen LogP contribution < -0.4 is 5.32 Å². The smallest absolute Gasteiger partial charge is 0.138 e. The summed E-state index contributed by atoms with van der Waals surface area (Å²) < 4.78 is 0. The van der Waals surface area contributed by atoms with Crippen molar-refractivity contribution in [2.45, 2.75) is 12.5 Å². The molecule has 0 fully saturated rings. The Bertz CT molecular complexity index is 479. The first kappa shape index (κ1) is 9.55. The van der Waals surface area contributed by atoms with Crippen LogP contribution >= 0.6 is 0 Å². The Morgan fingerprint density at radius 2 is 1.88 bits per heavy atom. The molecule has 0 radical (unpaired) electrons. The van der Waals surface area contributed by atoms with Crippen LogP contribution in [0.1, 0.15) is 22.7 Å². The average molecular weight is 211 g/mol. The first-order chi connectivity index (χ1) is 7.95. The lowest BCUT2D eigenvalue weighted by Crippen LogP contribution is -2.87. The highest BCUT2D eigenvalue weighted by Gasteiger charge is 2.23. The summed E-state index contributed by atoms with van der Waals surface area (Å²) in [5.41, 5.74) is 4.30. The van der Waals surface area contributed by atoms with Crippen molar-refractivity contribution in [3.05, 3.63) is 65.5 Å². The number of benzene rings is 1. The van der Waals surface area contributed by atoms with Crippen molar-refractivity contribution in [1.82, 2.24) is 4.98 Å². The van der Waals surface area contributed by atoms with Gasteiger partial charge in [0.2, 0.25) is 0 Å². The van der Waals surface area contributed by atoms with Gasteiger partial charge < -0.3 is 5.32 Å². The standard InChI is InChI=1S/C14H14N2/c1-2-4-13-11(3-1)7-10-16-14(13)12-5-8-15-9-6-12/h1-6,8-9,14,16H,7,10H2/p+1/t14-/m1/s1. The maximum Gasteiger partial charge on any atom is 0.138 e. The molecule has 3 rings (SSSR count). The van der Waals surface area contributed by atoms with E-state index in [1.807, 2.05) is 12.4 Å². The fourth-order valence-corrected chi connectivity index (χ4v) is 2.48. The van der Waals surface area contributed by atoms with Crippen LogP contribution in [0, 0.1) is 0 Å². The van der Waals surface area contributed by atoms with E-state index < -0.39 is 0 Å². The lowest BCUT2D eigenvalue weighted by molar-refractivity contribution is -0.690. The van der Waals surface area contributed by atoms with E-state index in [1.54, 1.807) is 0 Å². The van der Waals surface area contributed by atoms with Crippen LogP contribution in [-0.4, -0.2) is 11.5 Å². The van der Waals surface area contributed by atoms with E-state index in [1.165, 1.54) is 29.7 Å². The Labute approximate surface area is 95.3 Å². The Morgan fingerprint density at radius 1 is 1.06 bits per heavy atom. The summed E-state index contributed by atoms with van der Waals surface area (Å²) in [4.78, 5) is 4.08. The van der Waals surface area contributed by atoms with Crippen molar-refractivity contribution in [2.75, 3.05) is 6.54 Å². The minimum atomic E-state index is 0.452. The molecule has 2 heteroatoms. The van der Waals surface area contributed by atoms with Crippen LogP contribution in [0.5, 0.6) is 0 Å². The fourth-order valence-electron chi connectivity index (χ4n) is 2.48. The zero-order chi connectivity index (χ0) is 10.8. The van der Waals surface area contributed by atoms with E-state index in [9.17, 15) is 0 Å². The summed E-state index contributed by atoms with van der Waals surface area (Å²) in [6.45, 7) is 1.17. The largest absolute Gasteiger partial charge is 0.336 e. The van der Waals surface area contributed by atoms with Gasteiger partial charge in [0.15, 0.2) is 0 Å². The van der Waals surface area contributed by atoms with Gasteiger partial charge in [-0.25, -0.2) is 0 Å². The lowest BCUT2D eigenvalue weighted by Gasteiger charge is -2.23. The summed E-state index contributed by atoms with van der Waals surface area (Å²) in [5.74, 6) is 0. The topological polar surface area (TPSA) is 29.5 Å². The molecule has 1 aliphatic heterocycles. The molecule has 0 amide bonds. The van der Waals surface area contributed by atoms with Gasteiger partial charge in [-0.15, -0.1) is 0 Å². The highest BCUT2D eigenvalue weighted by molar-refractivity contribution is 5.36. The molecule has 1 aliphatic rings. The molecule has 16 heavy (non-hydrogen) atoms. The van der Waals surface area contributed by atoms with E-state index in [4.69, 9.17) is 0 Å². The van der Waals surface area contributed by atoms with Crippen LogP contribution in [-0.2, 0) is 6.42 Å². The van der Waals surface area contributed by atoms with Crippen LogP contribution in [0.4, 0.5) is 0 Å². The minimum Gasteiger partial charge on any atom is -0.336 e. The van der Waals surface area contributed by atoms with Gasteiger partial charge >= 0.3 is 0 Å². The molecule has 0 aliphatic carbocycles. The van der Waals surface area contributed by atoms with Gasteiger partial charge in [0, 0.05) is 29.9 Å². The molecule has 1 atom stereocenters. The van der Waals surface area contributed by atoms with Crippen molar-refractivity contribution < 1.29 is 5.32 Å². The number of nitrogens with zero attached hydrogens (tertiary/aromatic N) is 1. The molecule has 1 aromatic heterocycles. The predicted molar refractivity (Wildman–Crippen MR) is 63.0 cm³/mol. The van der Waals surface area contributed by atoms with Crippen molar-refractivity contribution in [3.8, 4) is 0 Å². The van der Waals surface area contributed by atoms with Crippen molar-refractivity contribution in [1.29, 1.82) is 0 Å². The van der Waals surface area contributed by atoms with E-state index in [0.717, 1.165) is 0 Å². The maximum atomic E-state index is 4.08. The molecule has 0 saturated heterocycles. The SMILES string of the molecule is c1ccc2c(c1)CC[NH2+][C@@H]2c1ccncc1. The first-order valence-corrected chi connectivity index (χ1v) is 5.76. The fraction of sp³-hybridized carbons (Fsp3) is 0.214. The van der Waals surface area contributed by atoms with Crippen LogP contribution in [0.15, 0.2) is 48.8 Å². The quantitative estimate of drug-likeness (QED) is 0.756. The second kappa shape index (κ2) is 4.06. The summed E-state index contributed by atoms with van der Waals surface area (Å²) in [6, 6.07) is 13.4. The van der Waals surface area contributed by atoms with Crippen LogP contribution in [0.3, 0.4) is 0 Å². The number of fused-ring (bicyclic) bond motifs is 1. The zero-order valence-corrected chi connectivity index (χ0v) is 9.13. The number of pyridine rings is 1. The molecule has 0 saturated carbocycles. The van der Waals surface area contributed by atoms with Gasteiger partial charge in [0.25, 0.3) is 0 Å². The highest BCUT2D eigenvalue weighted by atomic mass is 14.9. The van der Waals surface area contributed by atoms with Crippen molar-refractivity contribution in [3.63, 3.8) is 0 Å². The van der Waals surface area contributed by atoms with Crippen LogP contribution in [0.25, 0.3) is 0 Å². The third kappa shape index (κ3) is 1.61. The number of hydrogen-bond acceptors (Lipinski definition) is 1. The lowest BCUT2D eigenvalue weighted by atomic mass is 9.90. The van der Waals surface area contributed by atoms with Crippen LogP contribution in [0.2, 0.25) is 0 Å². The number of quaternary nitrogens is 1. The molecule has 0 bridgehead atoms. The Kier molecular flexibility index (Phi) is 2.43. The molecule has 2 aromatic rings. The third-order valence-electron chi connectivity index (χ3n) is 3.27. The molecule has 80 valence electrons. The van der Waals surface area contributed by atoms with Crippen molar-refractivity contribution >= 4 is 0 Å². The van der Waals surface area contributed by atoms with E-state index in [0.29, 0.717) is 6.04 Å². The van der Waals surface area contributed by atoms with Gasteiger partial charge in [-0.1, -0.05) is 24.3 Å².